The molecule has 1 saturated heterocycles. The van der Waals surface area contributed by atoms with Crippen LogP contribution in [0, 0.1) is 6.92 Å². The van der Waals surface area contributed by atoms with Crippen LogP contribution in [-0.4, -0.2) is 43.5 Å². The van der Waals surface area contributed by atoms with E-state index in [2.05, 4.69) is 21.4 Å². The number of benzene rings is 1. The van der Waals surface area contributed by atoms with Crippen molar-refractivity contribution >= 4 is 11.0 Å². The largest absolute Gasteiger partial charge is 0.388 e. The number of aliphatic hydroxyl groups excluding tert-OH is 2. The fourth-order valence-corrected chi connectivity index (χ4v) is 4.45. The van der Waals surface area contributed by atoms with Gasteiger partial charge in [0.2, 0.25) is 0 Å². The van der Waals surface area contributed by atoms with E-state index in [-0.39, 0.29) is 0 Å². The summed E-state index contributed by atoms with van der Waals surface area (Å²) in [5.41, 5.74) is 4.92. The van der Waals surface area contributed by atoms with E-state index in [0.29, 0.717) is 6.42 Å². The smallest absolute Gasteiger partial charge is 0.161 e. The molecular weight excluding hydrogens is 356 g/mol. The Kier molecular flexibility index (Phi) is 4.40. The first-order chi connectivity index (χ1) is 13.6. The zero-order valence-electron chi connectivity index (χ0n) is 15.7. The molecule has 146 valence electrons. The maximum Gasteiger partial charge on any atom is 0.161 e. The summed E-state index contributed by atoms with van der Waals surface area (Å²) in [6.07, 6.45) is 2.15. The van der Waals surface area contributed by atoms with Crippen molar-refractivity contribution in [3.05, 3.63) is 59.2 Å². The predicted molar refractivity (Wildman–Crippen MR) is 104 cm³/mol. The molecule has 0 spiro atoms. The lowest BCUT2D eigenvalue weighted by atomic mass is 9.90. The van der Waals surface area contributed by atoms with E-state index in [9.17, 15) is 10.2 Å². The third-order valence-electron chi connectivity index (χ3n) is 5.95. The Morgan fingerprint density at radius 2 is 2.18 bits per heavy atom. The van der Waals surface area contributed by atoms with Gasteiger partial charge in [-0.1, -0.05) is 18.2 Å². The Morgan fingerprint density at radius 1 is 1.29 bits per heavy atom. The van der Waals surface area contributed by atoms with Crippen molar-refractivity contribution in [3.8, 4) is 0 Å². The van der Waals surface area contributed by atoms with Crippen LogP contribution in [0.3, 0.4) is 0 Å². The highest BCUT2D eigenvalue weighted by Gasteiger charge is 2.40. The summed E-state index contributed by atoms with van der Waals surface area (Å²) in [5, 5.41) is 26.1. The first-order valence-corrected chi connectivity index (χ1v) is 9.74. The Labute approximate surface area is 163 Å². The van der Waals surface area contributed by atoms with Crippen molar-refractivity contribution in [3.63, 3.8) is 0 Å². The molecule has 0 saturated carbocycles. The third-order valence-corrected chi connectivity index (χ3v) is 5.95. The van der Waals surface area contributed by atoms with Crippen LogP contribution in [0.1, 0.15) is 41.1 Å². The van der Waals surface area contributed by atoms with Gasteiger partial charge in [-0.05, 0) is 42.6 Å². The quantitative estimate of drug-likeness (QED) is 0.641. The molecule has 28 heavy (non-hydrogen) atoms. The second-order valence-electron chi connectivity index (χ2n) is 7.64. The number of ether oxygens (including phenoxy) is 1. The summed E-state index contributed by atoms with van der Waals surface area (Å²) in [7, 11) is 0. The fourth-order valence-electron chi connectivity index (χ4n) is 4.45. The Bertz CT molecular complexity index is 1020. The summed E-state index contributed by atoms with van der Waals surface area (Å²) in [6.45, 7) is 3.63. The van der Waals surface area contributed by atoms with Crippen LogP contribution >= 0.6 is 0 Å². The number of hydrogen-bond donors (Lipinski definition) is 3. The number of rotatable bonds is 3. The minimum Gasteiger partial charge on any atom is -0.388 e. The number of aliphatic hydroxyl groups is 2. The molecule has 5 rings (SSSR count). The van der Waals surface area contributed by atoms with Crippen molar-refractivity contribution in [2.75, 3.05) is 6.54 Å². The summed E-state index contributed by atoms with van der Waals surface area (Å²) < 4.78 is 7.99. The lowest BCUT2D eigenvalue weighted by molar-refractivity contribution is -0.0752. The second-order valence-corrected chi connectivity index (χ2v) is 7.64. The van der Waals surface area contributed by atoms with Gasteiger partial charge in [0.15, 0.2) is 6.23 Å². The number of aromatic nitrogens is 3. The van der Waals surface area contributed by atoms with Gasteiger partial charge < -0.3 is 24.8 Å². The Balaban J connectivity index is 1.44. The van der Waals surface area contributed by atoms with Crippen LogP contribution in [0.25, 0.3) is 11.0 Å². The molecule has 0 radical (unpaired) electrons. The van der Waals surface area contributed by atoms with Gasteiger partial charge in [-0.15, -0.1) is 0 Å². The molecule has 0 bridgehead atoms. The maximum atomic E-state index is 11.1. The van der Waals surface area contributed by atoms with Crippen LogP contribution in [-0.2, 0) is 17.7 Å². The van der Waals surface area contributed by atoms with Crippen molar-refractivity contribution in [2.24, 2.45) is 0 Å². The highest BCUT2D eigenvalue weighted by Crippen LogP contribution is 2.38. The van der Waals surface area contributed by atoms with Gasteiger partial charge in [-0.25, -0.2) is 9.97 Å². The fraction of sp³-hybridized carbons (Fsp3) is 0.429. The van der Waals surface area contributed by atoms with Crippen LogP contribution < -0.4 is 5.32 Å². The van der Waals surface area contributed by atoms with Crippen molar-refractivity contribution in [1.29, 1.82) is 0 Å². The molecule has 7 nitrogen and oxygen atoms in total. The average molecular weight is 380 g/mol. The molecule has 0 amide bonds. The van der Waals surface area contributed by atoms with Gasteiger partial charge in [0.05, 0.1) is 11.8 Å². The molecule has 0 unspecified atom stereocenters. The first kappa shape index (κ1) is 17.8. The topological polar surface area (TPSA) is 92.4 Å². The summed E-state index contributed by atoms with van der Waals surface area (Å²) in [4.78, 5) is 8.57. The van der Waals surface area contributed by atoms with Crippen LogP contribution in [0.5, 0.6) is 0 Å². The van der Waals surface area contributed by atoms with Crippen LogP contribution in [0.4, 0.5) is 0 Å². The highest BCUT2D eigenvalue weighted by molar-refractivity contribution is 5.78. The molecule has 3 aromatic rings. The van der Waals surface area contributed by atoms with E-state index >= 15 is 0 Å². The molecule has 0 aliphatic carbocycles. The van der Waals surface area contributed by atoms with Gasteiger partial charge in [0, 0.05) is 24.5 Å². The summed E-state index contributed by atoms with van der Waals surface area (Å²) in [6, 6.07) is 8.00. The number of nitrogens with zero attached hydrogens (tertiary/aromatic N) is 3. The predicted octanol–water partition coefficient (Wildman–Crippen LogP) is 1.77. The Morgan fingerprint density at radius 3 is 3.07 bits per heavy atom. The molecule has 4 heterocycles. The van der Waals surface area contributed by atoms with E-state index in [1.54, 1.807) is 0 Å². The van der Waals surface area contributed by atoms with Gasteiger partial charge in [-0.3, -0.25) is 0 Å². The monoisotopic (exact) mass is 380 g/mol. The maximum absolute atomic E-state index is 11.1. The number of fused-ring (bicyclic) bond motifs is 2. The SMILES string of the molecule is Cc1ncnc2c1ccn2[C@@H]1O[C@H]([C@H](O)c2cccc3c2CNCC3)C[C@H]1O. The lowest BCUT2D eigenvalue weighted by Gasteiger charge is -2.26. The second kappa shape index (κ2) is 6.93. The van der Waals surface area contributed by atoms with Gasteiger partial charge >= 0.3 is 0 Å². The molecular formula is C21H24N4O3. The van der Waals surface area contributed by atoms with Gasteiger partial charge in [0.25, 0.3) is 0 Å². The first-order valence-electron chi connectivity index (χ1n) is 9.74. The third kappa shape index (κ3) is 2.82. The number of aryl methyl sites for hydroxylation is 1. The van der Waals surface area contributed by atoms with E-state index < -0.39 is 24.5 Å². The van der Waals surface area contributed by atoms with Crippen LogP contribution in [0.15, 0.2) is 36.8 Å². The zero-order valence-corrected chi connectivity index (χ0v) is 15.7. The average Bonchev–Trinajstić information content (AvgIpc) is 3.31. The molecule has 2 aliphatic heterocycles. The van der Waals surface area contributed by atoms with Gasteiger partial charge in [0.1, 0.15) is 24.2 Å². The normalized spacial score (nSPS) is 25.8. The standard InChI is InChI=1S/C21H24N4O3/c1-12-14-6-8-25(20(14)24-11-23-12)21-17(26)9-18(28-21)19(27)15-4-2-3-13-5-7-22-10-16(13)15/h2-4,6,8,11,17-19,21-22,26-27H,5,7,9-10H2,1H3/t17-,18+,19-,21-/m1/s1. The van der Waals surface area contributed by atoms with Crippen LogP contribution in [0.2, 0.25) is 0 Å². The molecule has 1 fully saturated rings. The van der Waals surface area contributed by atoms with E-state index in [4.69, 9.17) is 4.74 Å². The number of hydrogen-bond acceptors (Lipinski definition) is 6. The molecule has 2 aromatic heterocycles. The van der Waals surface area contributed by atoms with Gasteiger partial charge in [-0.2, -0.15) is 0 Å². The van der Waals surface area contributed by atoms with E-state index in [0.717, 1.165) is 47.4 Å². The van der Waals surface area contributed by atoms with Crippen molar-refractivity contribution < 1.29 is 14.9 Å². The molecule has 7 heteroatoms. The lowest BCUT2D eigenvalue weighted by Crippen LogP contribution is -2.27. The molecule has 2 aliphatic rings. The zero-order chi connectivity index (χ0) is 19.3. The minimum absolute atomic E-state index is 0.368. The molecule has 1 aromatic carbocycles. The highest BCUT2D eigenvalue weighted by atomic mass is 16.5. The minimum atomic E-state index is -0.785. The van der Waals surface area contributed by atoms with Crippen molar-refractivity contribution in [1.82, 2.24) is 19.9 Å². The Hall–Kier alpha value is -2.32. The summed E-state index contributed by atoms with van der Waals surface area (Å²) in [5.74, 6) is 0. The van der Waals surface area contributed by atoms with E-state index in [1.165, 1.54) is 11.9 Å². The molecule has 4 atom stereocenters. The van der Waals surface area contributed by atoms with E-state index in [1.807, 2.05) is 35.9 Å². The summed E-state index contributed by atoms with van der Waals surface area (Å²) >= 11 is 0. The number of nitrogens with one attached hydrogen (secondary N) is 1. The van der Waals surface area contributed by atoms with Crippen molar-refractivity contribution in [2.45, 2.75) is 50.8 Å². The molecule has 3 N–H and O–H groups in total.